The fourth-order valence-electron chi connectivity index (χ4n) is 6.28. The van der Waals surface area contributed by atoms with Crippen molar-refractivity contribution in [2.24, 2.45) is 11.8 Å². The minimum absolute atomic E-state index is 0.00820. The number of carbonyl (C=O) groups excluding carboxylic acids is 1. The Bertz CT molecular complexity index is 1450. The molecule has 0 spiro atoms. The first-order chi connectivity index (χ1) is 21.0. The molecule has 0 saturated heterocycles. The van der Waals surface area contributed by atoms with Gasteiger partial charge in [-0.15, -0.1) is 0 Å². The molecule has 0 bridgehead atoms. The maximum absolute atomic E-state index is 14.3. The minimum Gasteiger partial charge on any atom is -0.494 e. The van der Waals surface area contributed by atoms with E-state index in [1.54, 1.807) is 0 Å². The highest BCUT2D eigenvalue weighted by Gasteiger charge is 2.49. The van der Waals surface area contributed by atoms with E-state index < -0.39 is 12.0 Å². The van der Waals surface area contributed by atoms with E-state index in [0.29, 0.717) is 31.3 Å². The van der Waals surface area contributed by atoms with Gasteiger partial charge in [0, 0.05) is 10.9 Å². The highest BCUT2D eigenvalue weighted by Crippen LogP contribution is 2.43. The smallest absolute Gasteiger partial charge is 0.146 e. The van der Waals surface area contributed by atoms with E-state index in [-0.39, 0.29) is 23.7 Å². The second-order valence-electron chi connectivity index (χ2n) is 11.4. The van der Waals surface area contributed by atoms with Crippen LogP contribution in [0.3, 0.4) is 0 Å². The zero-order chi connectivity index (χ0) is 30.2. The van der Waals surface area contributed by atoms with E-state index >= 15 is 0 Å². The van der Waals surface area contributed by atoms with Gasteiger partial charge < -0.3 is 14.2 Å². The Balaban J connectivity index is 1.48. The largest absolute Gasteiger partial charge is 0.494 e. The van der Waals surface area contributed by atoms with Gasteiger partial charge in [-0.1, -0.05) is 110 Å². The van der Waals surface area contributed by atoms with Crippen molar-refractivity contribution in [3.05, 3.63) is 136 Å². The normalized spacial score (nSPS) is 22.0. The van der Waals surface area contributed by atoms with Gasteiger partial charge in [-0.25, -0.2) is 0 Å². The van der Waals surface area contributed by atoms with Crippen LogP contribution in [-0.2, 0) is 33.9 Å². The third-order valence-electron chi connectivity index (χ3n) is 8.55. The summed E-state index contributed by atoms with van der Waals surface area (Å²) in [5.74, 6) is 0.462. The summed E-state index contributed by atoms with van der Waals surface area (Å²) in [5.41, 5.74) is 5.19. The summed E-state index contributed by atoms with van der Waals surface area (Å²) in [6.07, 6.45) is 0.687. The van der Waals surface area contributed by atoms with Crippen LogP contribution < -0.4 is 4.74 Å². The van der Waals surface area contributed by atoms with Gasteiger partial charge in [0.25, 0.3) is 0 Å². The zero-order valence-corrected chi connectivity index (χ0v) is 26.0. The Hall–Kier alpha value is -3.44. The lowest BCUT2D eigenvalue weighted by Gasteiger charge is -2.45. The number of Topliss-reactive ketones (excluding diaryl/α,β-unsaturated/α-hetero) is 1. The first kappa shape index (κ1) is 31.0. The molecule has 1 aliphatic rings. The van der Waals surface area contributed by atoms with Crippen molar-refractivity contribution in [1.29, 1.82) is 0 Å². The molecule has 5 rings (SSSR count). The van der Waals surface area contributed by atoms with Crippen molar-refractivity contribution in [2.75, 3.05) is 6.61 Å². The Labute approximate surface area is 261 Å². The van der Waals surface area contributed by atoms with Gasteiger partial charge >= 0.3 is 0 Å². The average molecular weight is 597 g/mol. The summed E-state index contributed by atoms with van der Waals surface area (Å²) >= 11 is 6.74. The standard InChI is InChI=1S/C38H41ClO4/c1-4-33-26(3)37(42-24-28-12-8-6-9-13-28)38(43-25-29-14-10-7-11-15-29)35(36(33)40)30-18-21-34(39)31(23-30)22-27-16-19-32(20-17-27)41-5-2/h6-21,23,26,33,35,37-38H,4-5,22,24-25H2,1-3H3/t26-,33-,35-,37+,38+/m1/s1. The van der Waals surface area contributed by atoms with Crippen LogP contribution in [0.5, 0.6) is 5.75 Å². The SMILES string of the molecule is CCOc1ccc(Cc2cc([C@@H]3C(=O)[C@H](CC)[C@@H](C)[C@H](OCc4ccccc4)[C@H]3OCc3ccccc3)ccc2Cl)cc1. The fraction of sp³-hybridized carbons (Fsp3) is 0.342. The highest BCUT2D eigenvalue weighted by molar-refractivity contribution is 6.31. The lowest BCUT2D eigenvalue weighted by Crippen LogP contribution is -2.53. The summed E-state index contributed by atoms with van der Waals surface area (Å²) < 4.78 is 19.0. The number of hydrogen-bond acceptors (Lipinski definition) is 4. The lowest BCUT2D eigenvalue weighted by atomic mass is 9.67. The van der Waals surface area contributed by atoms with Crippen molar-refractivity contribution in [3.8, 4) is 5.75 Å². The molecule has 0 heterocycles. The van der Waals surface area contributed by atoms with E-state index in [9.17, 15) is 4.79 Å². The molecule has 4 aromatic rings. The van der Waals surface area contributed by atoms with E-state index in [4.69, 9.17) is 25.8 Å². The van der Waals surface area contributed by atoms with E-state index in [1.807, 2.05) is 67.6 Å². The first-order valence-corrected chi connectivity index (χ1v) is 15.7. The number of halogens is 1. The molecule has 0 radical (unpaired) electrons. The monoisotopic (exact) mass is 596 g/mol. The van der Waals surface area contributed by atoms with Crippen LogP contribution in [0.4, 0.5) is 0 Å². The van der Waals surface area contributed by atoms with Crippen molar-refractivity contribution in [2.45, 2.75) is 65.0 Å². The maximum atomic E-state index is 14.3. The molecule has 0 amide bonds. The van der Waals surface area contributed by atoms with Gasteiger partial charge in [-0.3, -0.25) is 4.79 Å². The molecular formula is C38H41ClO4. The van der Waals surface area contributed by atoms with Crippen molar-refractivity contribution in [3.63, 3.8) is 0 Å². The predicted octanol–water partition coefficient (Wildman–Crippen LogP) is 8.83. The molecule has 0 N–H and O–H groups in total. The molecule has 4 aromatic carbocycles. The van der Waals surface area contributed by atoms with Gasteiger partial charge in [0.1, 0.15) is 11.5 Å². The molecule has 0 aliphatic heterocycles. The number of ketones is 1. The van der Waals surface area contributed by atoms with E-state index in [2.05, 4.69) is 56.3 Å². The molecule has 0 aromatic heterocycles. The highest BCUT2D eigenvalue weighted by atomic mass is 35.5. The van der Waals surface area contributed by atoms with Crippen molar-refractivity contribution >= 4 is 17.4 Å². The molecule has 224 valence electrons. The fourth-order valence-corrected chi connectivity index (χ4v) is 6.47. The van der Waals surface area contributed by atoms with E-state index in [1.165, 1.54) is 0 Å². The third-order valence-corrected chi connectivity index (χ3v) is 8.91. The summed E-state index contributed by atoms with van der Waals surface area (Å²) in [6.45, 7) is 7.69. The van der Waals surface area contributed by atoms with Gasteiger partial charge in [-0.2, -0.15) is 0 Å². The van der Waals surface area contributed by atoms with Gasteiger partial charge in [0.15, 0.2) is 0 Å². The van der Waals surface area contributed by atoms with Crippen LogP contribution in [0.1, 0.15) is 60.9 Å². The number of ether oxygens (including phenoxy) is 3. The van der Waals surface area contributed by atoms with Crippen LogP contribution >= 0.6 is 11.6 Å². The Kier molecular flexibility index (Phi) is 10.7. The van der Waals surface area contributed by atoms with Gasteiger partial charge in [-0.05, 0) is 71.7 Å². The first-order valence-electron chi connectivity index (χ1n) is 15.3. The summed E-state index contributed by atoms with van der Waals surface area (Å²) in [5, 5.41) is 0.680. The molecule has 5 heteroatoms. The molecular weight excluding hydrogens is 556 g/mol. The number of rotatable bonds is 12. The maximum Gasteiger partial charge on any atom is 0.146 e. The molecule has 0 unspecified atom stereocenters. The summed E-state index contributed by atoms with van der Waals surface area (Å²) in [6, 6.07) is 34.4. The molecule has 43 heavy (non-hydrogen) atoms. The van der Waals surface area contributed by atoms with Crippen LogP contribution in [0.25, 0.3) is 0 Å². The van der Waals surface area contributed by atoms with Gasteiger partial charge in [0.2, 0.25) is 0 Å². The number of hydrogen-bond donors (Lipinski definition) is 0. The second-order valence-corrected chi connectivity index (χ2v) is 11.8. The number of carbonyl (C=O) groups is 1. The Morgan fingerprint density at radius 2 is 1.33 bits per heavy atom. The quantitative estimate of drug-likeness (QED) is 0.164. The number of benzene rings is 4. The summed E-state index contributed by atoms with van der Waals surface area (Å²) in [4.78, 5) is 14.3. The average Bonchev–Trinajstić information content (AvgIpc) is 3.03. The minimum atomic E-state index is -0.470. The predicted molar refractivity (Wildman–Crippen MR) is 173 cm³/mol. The lowest BCUT2D eigenvalue weighted by molar-refractivity contribution is -0.165. The van der Waals surface area contributed by atoms with Crippen LogP contribution in [0, 0.1) is 11.8 Å². The van der Waals surface area contributed by atoms with Crippen molar-refractivity contribution in [1.82, 2.24) is 0 Å². The molecule has 1 saturated carbocycles. The van der Waals surface area contributed by atoms with Crippen LogP contribution in [-0.4, -0.2) is 24.6 Å². The molecule has 4 nitrogen and oxygen atoms in total. The molecule has 5 atom stereocenters. The van der Waals surface area contributed by atoms with Crippen LogP contribution in [0.15, 0.2) is 103 Å². The topological polar surface area (TPSA) is 44.8 Å². The Morgan fingerprint density at radius 3 is 1.91 bits per heavy atom. The van der Waals surface area contributed by atoms with Crippen molar-refractivity contribution < 1.29 is 19.0 Å². The molecule has 1 fully saturated rings. The second kappa shape index (κ2) is 14.8. The zero-order valence-electron chi connectivity index (χ0n) is 25.2. The molecule has 1 aliphatic carbocycles. The van der Waals surface area contributed by atoms with Gasteiger partial charge in [0.05, 0.1) is 37.9 Å². The Morgan fingerprint density at radius 1 is 0.721 bits per heavy atom. The third kappa shape index (κ3) is 7.56. The van der Waals surface area contributed by atoms with Crippen LogP contribution in [0.2, 0.25) is 5.02 Å². The summed E-state index contributed by atoms with van der Waals surface area (Å²) in [7, 11) is 0. The van der Waals surface area contributed by atoms with E-state index in [0.717, 1.165) is 40.0 Å².